The van der Waals surface area contributed by atoms with E-state index in [1.54, 1.807) is 0 Å². The summed E-state index contributed by atoms with van der Waals surface area (Å²) in [7, 11) is 0. The lowest BCUT2D eigenvalue weighted by molar-refractivity contribution is 0.174. The predicted molar refractivity (Wildman–Crippen MR) is 74.3 cm³/mol. The molecule has 0 aromatic heterocycles. The first-order valence-electron chi connectivity index (χ1n) is 6.50. The van der Waals surface area contributed by atoms with Gasteiger partial charge in [-0.15, -0.1) is 0 Å². The summed E-state index contributed by atoms with van der Waals surface area (Å²) in [6.45, 7) is 1.27. The average molecular weight is 265 g/mol. The first-order chi connectivity index (χ1) is 8.85. The van der Waals surface area contributed by atoms with E-state index in [-0.39, 0.29) is 0 Å². The van der Waals surface area contributed by atoms with Crippen LogP contribution in [0.4, 0.5) is 0 Å². The molecule has 1 saturated carbocycles. The number of fused-ring (bicyclic) bond motifs is 1. The Hall–Kier alpha value is -0.870. The standard InChI is InChI=1S/C14H19NO2S/c1-18-12-4-3-11(7-12)15-8-10-2-5-13-14(6-10)17-9-16-13/h2,5-6,11-12,15H,3-4,7-9H2,1H3. The predicted octanol–water partition coefficient (Wildman–Crippen LogP) is 2.79. The molecule has 2 atom stereocenters. The molecule has 1 aromatic carbocycles. The number of hydrogen-bond donors (Lipinski definition) is 1. The lowest BCUT2D eigenvalue weighted by Gasteiger charge is -2.13. The second kappa shape index (κ2) is 5.41. The average Bonchev–Trinajstić information content (AvgIpc) is 3.04. The van der Waals surface area contributed by atoms with Gasteiger partial charge in [0.2, 0.25) is 6.79 Å². The molecule has 2 aliphatic rings. The highest BCUT2D eigenvalue weighted by atomic mass is 32.2. The van der Waals surface area contributed by atoms with Crippen molar-refractivity contribution in [2.45, 2.75) is 37.1 Å². The maximum absolute atomic E-state index is 5.39. The second-order valence-corrected chi connectivity index (χ2v) is 6.07. The molecular formula is C14H19NO2S. The fourth-order valence-electron chi connectivity index (χ4n) is 2.65. The molecule has 18 heavy (non-hydrogen) atoms. The van der Waals surface area contributed by atoms with Crippen LogP contribution in [-0.4, -0.2) is 24.3 Å². The van der Waals surface area contributed by atoms with E-state index in [1.165, 1.54) is 24.8 Å². The van der Waals surface area contributed by atoms with Crippen molar-refractivity contribution in [3.05, 3.63) is 23.8 Å². The molecule has 1 aromatic rings. The van der Waals surface area contributed by atoms with E-state index >= 15 is 0 Å². The van der Waals surface area contributed by atoms with Crippen molar-refractivity contribution < 1.29 is 9.47 Å². The molecule has 1 heterocycles. The summed E-state index contributed by atoms with van der Waals surface area (Å²) in [6, 6.07) is 6.86. The molecule has 0 saturated heterocycles. The summed E-state index contributed by atoms with van der Waals surface area (Å²) in [5.41, 5.74) is 1.27. The Morgan fingerprint density at radius 3 is 3.00 bits per heavy atom. The van der Waals surface area contributed by atoms with Gasteiger partial charge >= 0.3 is 0 Å². The van der Waals surface area contributed by atoms with Crippen LogP contribution in [-0.2, 0) is 6.54 Å². The molecule has 1 fully saturated rings. The van der Waals surface area contributed by atoms with E-state index in [1.807, 2.05) is 17.8 Å². The quantitative estimate of drug-likeness (QED) is 0.907. The third-order valence-corrected chi connectivity index (χ3v) is 4.84. The molecule has 0 spiro atoms. The third kappa shape index (κ3) is 2.59. The normalized spacial score (nSPS) is 25.6. The minimum absolute atomic E-state index is 0.351. The van der Waals surface area contributed by atoms with E-state index < -0.39 is 0 Å². The zero-order chi connectivity index (χ0) is 12.4. The lowest BCUT2D eigenvalue weighted by Crippen LogP contribution is -2.26. The zero-order valence-corrected chi connectivity index (χ0v) is 11.5. The molecule has 0 amide bonds. The molecule has 1 aliphatic carbocycles. The molecule has 3 nitrogen and oxygen atoms in total. The van der Waals surface area contributed by atoms with Crippen molar-refractivity contribution in [2.24, 2.45) is 0 Å². The second-order valence-electron chi connectivity index (χ2n) is 4.94. The maximum Gasteiger partial charge on any atom is 0.231 e. The first kappa shape index (κ1) is 12.2. The van der Waals surface area contributed by atoms with Crippen LogP contribution in [0.15, 0.2) is 18.2 Å². The Morgan fingerprint density at radius 1 is 1.28 bits per heavy atom. The van der Waals surface area contributed by atoms with Gasteiger partial charge in [-0.05, 0) is 43.2 Å². The van der Waals surface area contributed by atoms with Gasteiger partial charge < -0.3 is 14.8 Å². The van der Waals surface area contributed by atoms with E-state index in [0.717, 1.165) is 23.3 Å². The van der Waals surface area contributed by atoms with Crippen LogP contribution in [0.1, 0.15) is 24.8 Å². The number of hydrogen-bond acceptors (Lipinski definition) is 4. The van der Waals surface area contributed by atoms with Gasteiger partial charge in [-0.1, -0.05) is 6.07 Å². The summed E-state index contributed by atoms with van der Waals surface area (Å²) in [5, 5.41) is 4.49. The molecule has 0 radical (unpaired) electrons. The Balaban J connectivity index is 1.54. The van der Waals surface area contributed by atoms with E-state index in [9.17, 15) is 0 Å². The topological polar surface area (TPSA) is 30.5 Å². The van der Waals surface area contributed by atoms with Crippen LogP contribution in [0.5, 0.6) is 11.5 Å². The summed E-state index contributed by atoms with van der Waals surface area (Å²) in [6.07, 6.45) is 6.16. The number of thioether (sulfide) groups is 1. The molecule has 3 rings (SSSR count). The molecule has 4 heteroatoms. The summed E-state index contributed by atoms with van der Waals surface area (Å²) < 4.78 is 10.7. The van der Waals surface area contributed by atoms with Gasteiger partial charge in [0.25, 0.3) is 0 Å². The van der Waals surface area contributed by atoms with E-state index in [0.29, 0.717) is 12.8 Å². The minimum Gasteiger partial charge on any atom is -0.454 e. The maximum atomic E-state index is 5.39. The Bertz CT molecular complexity index is 424. The first-order valence-corrected chi connectivity index (χ1v) is 7.78. The van der Waals surface area contributed by atoms with Crippen molar-refractivity contribution in [1.82, 2.24) is 5.32 Å². The lowest BCUT2D eigenvalue weighted by atomic mass is 10.2. The van der Waals surface area contributed by atoms with Crippen molar-refractivity contribution in [1.29, 1.82) is 0 Å². The Morgan fingerprint density at radius 2 is 2.17 bits per heavy atom. The molecule has 98 valence electrons. The van der Waals surface area contributed by atoms with Gasteiger partial charge in [0.1, 0.15) is 0 Å². The highest BCUT2D eigenvalue weighted by molar-refractivity contribution is 7.99. The Labute approximate surface area is 112 Å². The van der Waals surface area contributed by atoms with Crippen LogP contribution in [0, 0.1) is 0 Å². The van der Waals surface area contributed by atoms with E-state index in [2.05, 4.69) is 23.7 Å². The summed E-state index contributed by atoms with van der Waals surface area (Å²) in [4.78, 5) is 0. The molecular weight excluding hydrogens is 246 g/mol. The Kier molecular flexibility index (Phi) is 3.66. The van der Waals surface area contributed by atoms with Gasteiger partial charge in [-0.2, -0.15) is 11.8 Å². The van der Waals surface area contributed by atoms with Crippen molar-refractivity contribution >= 4 is 11.8 Å². The van der Waals surface area contributed by atoms with Crippen LogP contribution < -0.4 is 14.8 Å². The number of nitrogens with one attached hydrogen (secondary N) is 1. The van der Waals surface area contributed by atoms with Crippen molar-refractivity contribution in [3.63, 3.8) is 0 Å². The van der Waals surface area contributed by atoms with Gasteiger partial charge in [-0.3, -0.25) is 0 Å². The zero-order valence-electron chi connectivity index (χ0n) is 10.6. The van der Waals surface area contributed by atoms with Gasteiger partial charge in [0, 0.05) is 17.8 Å². The largest absolute Gasteiger partial charge is 0.454 e. The minimum atomic E-state index is 0.351. The fraction of sp³-hybridized carbons (Fsp3) is 0.571. The molecule has 0 bridgehead atoms. The molecule has 2 unspecified atom stereocenters. The van der Waals surface area contributed by atoms with Gasteiger partial charge in [-0.25, -0.2) is 0 Å². The molecule has 1 N–H and O–H groups in total. The number of benzene rings is 1. The summed E-state index contributed by atoms with van der Waals surface area (Å²) >= 11 is 2.00. The smallest absolute Gasteiger partial charge is 0.231 e. The molecule has 1 aliphatic heterocycles. The third-order valence-electron chi connectivity index (χ3n) is 3.75. The fourth-order valence-corrected chi connectivity index (χ4v) is 3.45. The van der Waals surface area contributed by atoms with Crippen LogP contribution >= 0.6 is 11.8 Å². The van der Waals surface area contributed by atoms with Crippen LogP contribution in [0.25, 0.3) is 0 Å². The summed E-state index contributed by atoms with van der Waals surface area (Å²) in [5.74, 6) is 1.74. The van der Waals surface area contributed by atoms with E-state index in [4.69, 9.17) is 9.47 Å². The highest BCUT2D eigenvalue weighted by Gasteiger charge is 2.23. The van der Waals surface area contributed by atoms with Crippen LogP contribution in [0.2, 0.25) is 0 Å². The van der Waals surface area contributed by atoms with Crippen molar-refractivity contribution in [3.8, 4) is 11.5 Å². The van der Waals surface area contributed by atoms with Crippen LogP contribution in [0.3, 0.4) is 0 Å². The monoisotopic (exact) mass is 265 g/mol. The number of ether oxygens (including phenoxy) is 2. The SMILES string of the molecule is CSC1CCC(NCc2ccc3c(c2)OCO3)C1. The highest BCUT2D eigenvalue weighted by Crippen LogP contribution is 2.33. The van der Waals surface area contributed by atoms with Gasteiger partial charge in [0.05, 0.1) is 0 Å². The number of rotatable bonds is 4. The van der Waals surface area contributed by atoms with Gasteiger partial charge in [0.15, 0.2) is 11.5 Å². The van der Waals surface area contributed by atoms with Crippen molar-refractivity contribution in [2.75, 3.05) is 13.0 Å².